The van der Waals surface area contributed by atoms with Gasteiger partial charge in [-0.1, -0.05) is 29.3 Å². The van der Waals surface area contributed by atoms with Gasteiger partial charge in [-0.15, -0.1) is 0 Å². The van der Waals surface area contributed by atoms with Crippen LogP contribution in [0.2, 0.25) is 10.0 Å². The van der Waals surface area contributed by atoms with Crippen LogP contribution in [0.1, 0.15) is 28.9 Å². The molecule has 0 saturated heterocycles. The molecule has 2 heterocycles. The second-order valence-corrected chi connectivity index (χ2v) is 6.59. The van der Waals surface area contributed by atoms with E-state index in [2.05, 4.69) is 15.5 Å². The third-order valence-corrected chi connectivity index (χ3v) is 4.61. The van der Waals surface area contributed by atoms with Gasteiger partial charge in [-0.05, 0) is 19.1 Å². The van der Waals surface area contributed by atoms with Gasteiger partial charge >= 0.3 is 5.97 Å². The lowest BCUT2D eigenvalue weighted by Crippen LogP contribution is -2.24. The Labute approximate surface area is 164 Å². The predicted molar refractivity (Wildman–Crippen MR) is 100 cm³/mol. The summed E-state index contributed by atoms with van der Waals surface area (Å²) >= 11 is 12.3. The molecule has 0 fully saturated rings. The quantitative estimate of drug-likeness (QED) is 0.652. The summed E-state index contributed by atoms with van der Waals surface area (Å²) in [4.78, 5) is 23.3. The molecule has 8 nitrogen and oxygen atoms in total. The molecule has 0 bridgehead atoms. The number of nitrogens with zero attached hydrogens (tertiary/aromatic N) is 4. The smallest absolute Gasteiger partial charge is 0.338 e. The summed E-state index contributed by atoms with van der Waals surface area (Å²) in [5, 5.41) is 20.8. The minimum absolute atomic E-state index is 0.00977. The maximum Gasteiger partial charge on any atom is 0.338 e. The van der Waals surface area contributed by atoms with E-state index in [-0.39, 0.29) is 11.5 Å². The number of aromatic nitrogens is 4. The van der Waals surface area contributed by atoms with Crippen molar-refractivity contribution in [2.75, 3.05) is 5.32 Å². The zero-order valence-corrected chi connectivity index (χ0v) is 15.6. The average molecular weight is 408 g/mol. The van der Waals surface area contributed by atoms with E-state index in [1.165, 1.54) is 17.1 Å². The first kappa shape index (κ1) is 18.9. The first-order chi connectivity index (χ1) is 12.8. The first-order valence-corrected chi connectivity index (χ1v) is 8.65. The number of carbonyl (C=O) groups is 2. The Hall–Kier alpha value is -2.84. The van der Waals surface area contributed by atoms with Crippen molar-refractivity contribution in [2.45, 2.75) is 19.5 Å². The number of halogens is 2. The van der Waals surface area contributed by atoms with Gasteiger partial charge in [0.05, 0.1) is 18.3 Å². The Morgan fingerprint density at radius 1 is 1.26 bits per heavy atom. The molecule has 0 radical (unpaired) electrons. The molecule has 27 heavy (non-hydrogen) atoms. The number of anilines is 1. The Balaban J connectivity index is 1.67. The Morgan fingerprint density at radius 2 is 1.96 bits per heavy atom. The number of hydrogen-bond acceptors (Lipinski definition) is 4. The number of rotatable bonds is 6. The van der Waals surface area contributed by atoms with Gasteiger partial charge in [-0.3, -0.25) is 14.2 Å². The largest absolute Gasteiger partial charge is 0.478 e. The topological polar surface area (TPSA) is 102 Å². The van der Waals surface area contributed by atoms with Gasteiger partial charge in [0.15, 0.2) is 5.82 Å². The van der Waals surface area contributed by atoms with Crippen LogP contribution in [0.3, 0.4) is 0 Å². The predicted octanol–water partition coefficient (Wildman–Crippen LogP) is 3.33. The monoisotopic (exact) mass is 407 g/mol. The molecule has 1 amide bonds. The molecule has 2 aromatic heterocycles. The lowest BCUT2D eigenvalue weighted by Gasteiger charge is -2.11. The van der Waals surface area contributed by atoms with E-state index in [0.29, 0.717) is 22.4 Å². The summed E-state index contributed by atoms with van der Waals surface area (Å²) in [6.45, 7) is 1.96. The minimum Gasteiger partial charge on any atom is -0.478 e. The van der Waals surface area contributed by atoms with Gasteiger partial charge in [-0.25, -0.2) is 4.79 Å². The van der Waals surface area contributed by atoms with E-state index in [1.54, 1.807) is 42.1 Å². The van der Waals surface area contributed by atoms with Crippen molar-refractivity contribution in [2.24, 2.45) is 0 Å². The number of carbonyl (C=O) groups excluding carboxylic acids is 1. The number of carboxylic acids is 1. The number of aromatic carboxylic acids is 1. The Morgan fingerprint density at radius 3 is 2.59 bits per heavy atom. The fourth-order valence-electron chi connectivity index (χ4n) is 2.37. The molecule has 0 aliphatic rings. The molecule has 10 heteroatoms. The van der Waals surface area contributed by atoms with Gasteiger partial charge in [0.25, 0.3) is 0 Å². The van der Waals surface area contributed by atoms with Gasteiger partial charge < -0.3 is 10.4 Å². The number of nitrogens with one attached hydrogen (secondary N) is 1. The van der Waals surface area contributed by atoms with Crippen molar-refractivity contribution in [1.29, 1.82) is 0 Å². The summed E-state index contributed by atoms with van der Waals surface area (Å²) < 4.78 is 2.88. The third kappa shape index (κ3) is 4.29. The molecule has 0 saturated carbocycles. The van der Waals surface area contributed by atoms with Crippen molar-refractivity contribution in [1.82, 2.24) is 19.6 Å². The molecular formula is C17H15Cl2N5O3. The highest BCUT2D eigenvalue weighted by molar-refractivity contribution is 6.35. The molecule has 0 aliphatic carbocycles. The molecule has 1 aromatic carbocycles. The van der Waals surface area contributed by atoms with Crippen molar-refractivity contribution in [3.05, 3.63) is 64.0 Å². The maximum atomic E-state index is 12.4. The van der Waals surface area contributed by atoms with Crippen LogP contribution in [0.15, 0.2) is 42.9 Å². The molecule has 3 aromatic rings. The van der Waals surface area contributed by atoms with E-state index in [0.717, 1.165) is 5.56 Å². The minimum atomic E-state index is -1.11. The molecular weight excluding hydrogens is 393 g/mol. The van der Waals surface area contributed by atoms with E-state index in [1.807, 2.05) is 0 Å². The molecule has 140 valence electrons. The second kappa shape index (κ2) is 7.81. The van der Waals surface area contributed by atoms with E-state index < -0.39 is 12.0 Å². The average Bonchev–Trinajstić information content (AvgIpc) is 3.27. The summed E-state index contributed by atoms with van der Waals surface area (Å²) in [7, 11) is 0. The second-order valence-electron chi connectivity index (χ2n) is 5.78. The number of amides is 1. The van der Waals surface area contributed by atoms with Crippen LogP contribution in [0.5, 0.6) is 0 Å². The molecule has 0 aliphatic heterocycles. The number of carboxylic acid groups (broad SMARTS) is 1. The van der Waals surface area contributed by atoms with Crippen LogP contribution in [0.4, 0.5) is 5.82 Å². The van der Waals surface area contributed by atoms with Crippen LogP contribution in [-0.4, -0.2) is 36.5 Å². The highest BCUT2D eigenvalue weighted by Gasteiger charge is 2.18. The fourth-order valence-corrected chi connectivity index (χ4v) is 2.89. The van der Waals surface area contributed by atoms with E-state index in [9.17, 15) is 9.59 Å². The lowest BCUT2D eigenvalue weighted by atomic mass is 10.2. The number of hydrogen-bond donors (Lipinski definition) is 2. The highest BCUT2D eigenvalue weighted by atomic mass is 35.5. The lowest BCUT2D eigenvalue weighted by molar-refractivity contribution is -0.119. The number of benzene rings is 1. The SMILES string of the molecule is CC(C(=O)Nc1ccn(Cc2c(Cl)cccc2Cl)n1)n1cc(C(=O)O)cn1. The summed E-state index contributed by atoms with van der Waals surface area (Å²) in [5.41, 5.74) is 0.739. The van der Waals surface area contributed by atoms with Gasteiger partial charge in [-0.2, -0.15) is 10.2 Å². The van der Waals surface area contributed by atoms with Crippen molar-refractivity contribution < 1.29 is 14.7 Å². The van der Waals surface area contributed by atoms with Crippen LogP contribution >= 0.6 is 23.2 Å². The van der Waals surface area contributed by atoms with Gasteiger partial charge in [0.1, 0.15) is 6.04 Å². The first-order valence-electron chi connectivity index (χ1n) is 7.90. The Kier molecular flexibility index (Phi) is 5.48. The van der Waals surface area contributed by atoms with E-state index >= 15 is 0 Å². The van der Waals surface area contributed by atoms with E-state index in [4.69, 9.17) is 28.3 Å². The summed E-state index contributed by atoms with van der Waals surface area (Å²) in [6, 6.07) is 6.18. The zero-order valence-electron chi connectivity index (χ0n) is 14.1. The molecule has 3 rings (SSSR count). The maximum absolute atomic E-state index is 12.4. The van der Waals surface area contributed by atoms with Crippen LogP contribution < -0.4 is 5.32 Å². The van der Waals surface area contributed by atoms with Gasteiger partial charge in [0.2, 0.25) is 5.91 Å². The van der Waals surface area contributed by atoms with Gasteiger partial charge in [0, 0.05) is 34.1 Å². The normalized spacial score (nSPS) is 12.0. The third-order valence-electron chi connectivity index (χ3n) is 3.90. The van der Waals surface area contributed by atoms with Crippen LogP contribution in [-0.2, 0) is 11.3 Å². The highest BCUT2D eigenvalue weighted by Crippen LogP contribution is 2.25. The van der Waals surface area contributed by atoms with Crippen molar-refractivity contribution in [3.63, 3.8) is 0 Å². The summed E-state index contributed by atoms with van der Waals surface area (Å²) in [5.74, 6) is -1.14. The molecule has 1 atom stereocenters. The molecule has 2 N–H and O–H groups in total. The van der Waals surface area contributed by atoms with Crippen molar-refractivity contribution >= 4 is 40.9 Å². The van der Waals surface area contributed by atoms with Crippen LogP contribution in [0.25, 0.3) is 0 Å². The van der Waals surface area contributed by atoms with Crippen molar-refractivity contribution in [3.8, 4) is 0 Å². The van der Waals surface area contributed by atoms with Crippen LogP contribution in [0, 0.1) is 0 Å². The Bertz CT molecular complexity index is 978. The standard InChI is InChI=1S/C17H15Cl2N5O3/c1-10(24-8-11(7-20-24)17(26)27)16(25)21-15-5-6-23(22-15)9-12-13(18)3-2-4-14(12)19/h2-8,10H,9H2,1H3,(H,26,27)(H,21,22,25). The zero-order chi connectivity index (χ0) is 19.6. The summed E-state index contributed by atoms with van der Waals surface area (Å²) in [6.07, 6.45) is 4.18. The molecule has 1 unspecified atom stereocenters. The fraction of sp³-hybridized carbons (Fsp3) is 0.176. The molecule has 0 spiro atoms.